The normalized spacial score (nSPS) is 18.1. The van der Waals surface area contributed by atoms with Crippen LogP contribution in [0.4, 0.5) is 25.1 Å². The third-order valence-electron chi connectivity index (χ3n) is 4.90. The van der Waals surface area contributed by atoms with Gasteiger partial charge in [-0.25, -0.2) is 28.1 Å². The predicted octanol–water partition coefficient (Wildman–Crippen LogP) is 2.11. The lowest BCUT2D eigenvalue weighted by Crippen LogP contribution is -2.27. The van der Waals surface area contributed by atoms with Crippen molar-refractivity contribution < 1.29 is 28.3 Å². The standard InChI is InChI=1S/C18H17F2N7O5/c19-10-5-12(17(22-7-10)32-4-2-21-18(28)29)13-6-11(20)9-25(13)15-1-3-26-16(24-15)14(8-23-26)27(30)31/h1,3,5,7-8,11,13,21H,2,4,6,9H2,(H,28,29)/t11-,13+/m0/s1. The molecule has 2 atom stereocenters. The number of anilines is 1. The van der Waals surface area contributed by atoms with Crippen LogP contribution in [-0.2, 0) is 0 Å². The molecule has 1 aliphatic rings. The molecular formula is C18H17F2N7O5. The quantitative estimate of drug-likeness (QED) is 0.314. The van der Waals surface area contributed by atoms with E-state index in [1.54, 1.807) is 4.90 Å². The van der Waals surface area contributed by atoms with Crippen LogP contribution in [0.2, 0.25) is 0 Å². The predicted molar refractivity (Wildman–Crippen MR) is 105 cm³/mol. The summed E-state index contributed by atoms with van der Waals surface area (Å²) in [7, 11) is 0. The van der Waals surface area contributed by atoms with Gasteiger partial charge in [0.25, 0.3) is 0 Å². The molecule has 1 amide bonds. The van der Waals surface area contributed by atoms with Gasteiger partial charge in [-0.1, -0.05) is 0 Å². The molecule has 1 fully saturated rings. The highest BCUT2D eigenvalue weighted by Gasteiger charge is 2.37. The van der Waals surface area contributed by atoms with E-state index in [2.05, 4.69) is 20.4 Å². The molecule has 1 saturated heterocycles. The lowest BCUT2D eigenvalue weighted by Gasteiger charge is -2.26. The van der Waals surface area contributed by atoms with E-state index in [1.165, 1.54) is 22.8 Å². The number of aromatic nitrogens is 4. The average molecular weight is 449 g/mol. The number of fused-ring (bicyclic) bond motifs is 1. The maximum absolute atomic E-state index is 14.5. The highest BCUT2D eigenvalue weighted by atomic mass is 19.1. The fourth-order valence-corrected chi connectivity index (χ4v) is 3.58. The van der Waals surface area contributed by atoms with E-state index in [1.807, 2.05) is 0 Å². The Morgan fingerprint density at radius 1 is 1.44 bits per heavy atom. The summed E-state index contributed by atoms with van der Waals surface area (Å²) in [5, 5.41) is 25.9. The first kappa shape index (κ1) is 21.1. The molecule has 2 N–H and O–H groups in total. The molecule has 0 saturated carbocycles. The summed E-state index contributed by atoms with van der Waals surface area (Å²) >= 11 is 0. The number of amides is 1. The zero-order valence-corrected chi connectivity index (χ0v) is 16.4. The summed E-state index contributed by atoms with van der Waals surface area (Å²) < 4.78 is 35.2. The van der Waals surface area contributed by atoms with Crippen LogP contribution < -0.4 is 15.0 Å². The van der Waals surface area contributed by atoms with Crippen LogP contribution in [0.5, 0.6) is 5.88 Å². The Morgan fingerprint density at radius 3 is 3.00 bits per heavy atom. The van der Waals surface area contributed by atoms with Crippen molar-refractivity contribution in [3.8, 4) is 5.88 Å². The summed E-state index contributed by atoms with van der Waals surface area (Å²) in [4.78, 5) is 30.9. The molecule has 3 aromatic heterocycles. The number of nitro groups is 1. The summed E-state index contributed by atoms with van der Waals surface area (Å²) in [5.41, 5.74) is -0.0610. The van der Waals surface area contributed by atoms with Gasteiger partial charge in [-0.15, -0.1) is 0 Å². The second-order valence-electron chi connectivity index (χ2n) is 6.97. The van der Waals surface area contributed by atoms with Crippen LogP contribution in [0.25, 0.3) is 5.65 Å². The largest absolute Gasteiger partial charge is 0.476 e. The molecule has 32 heavy (non-hydrogen) atoms. The molecule has 14 heteroatoms. The lowest BCUT2D eigenvalue weighted by atomic mass is 10.1. The van der Waals surface area contributed by atoms with Gasteiger partial charge in [-0.3, -0.25) is 10.1 Å². The Labute approximate surface area is 178 Å². The van der Waals surface area contributed by atoms with Crippen LogP contribution in [0.15, 0.2) is 30.7 Å². The first-order valence-electron chi connectivity index (χ1n) is 9.48. The maximum atomic E-state index is 14.5. The van der Waals surface area contributed by atoms with Crippen molar-refractivity contribution in [2.75, 3.05) is 24.6 Å². The van der Waals surface area contributed by atoms with Crippen molar-refractivity contribution in [3.05, 3.63) is 52.2 Å². The molecule has 0 bridgehead atoms. The van der Waals surface area contributed by atoms with Crippen LogP contribution in [-0.4, -0.2) is 61.6 Å². The van der Waals surface area contributed by atoms with Crippen molar-refractivity contribution in [1.82, 2.24) is 24.9 Å². The molecule has 168 valence electrons. The van der Waals surface area contributed by atoms with Gasteiger partial charge in [0.05, 0.1) is 30.3 Å². The van der Waals surface area contributed by atoms with Gasteiger partial charge in [0.1, 0.15) is 30.6 Å². The number of nitrogens with zero attached hydrogens (tertiary/aromatic N) is 6. The Hall–Kier alpha value is -4.10. The minimum Gasteiger partial charge on any atom is -0.476 e. The number of carboxylic acid groups (broad SMARTS) is 1. The molecule has 0 spiro atoms. The van der Waals surface area contributed by atoms with E-state index in [9.17, 15) is 23.7 Å². The minimum absolute atomic E-state index is 0.0108. The molecule has 3 aromatic rings. The van der Waals surface area contributed by atoms with Gasteiger partial charge in [0.15, 0.2) is 0 Å². The number of alkyl halides is 1. The van der Waals surface area contributed by atoms with E-state index in [0.717, 1.165) is 12.4 Å². The number of hydrogen-bond acceptors (Lipinski definition) is 8. The highest BCUT2D eigenvalue weighted by Crippen LogP contribution is 2.40. The van der Waals surface area contributed by atoms with E-state index in [0.29, 0.717) is 0 Å². The average Bonchev–Trinajstić information content (AvgIpc) is 3.34. The molecule has 0 aromatic carbocycles. The molecule has 12 nitrogen and oxygen atoms in total. The Morgan fingerprint density at radius 2 is 2.25 bits per heavy atom. The monoisotopic (exact) mass is 449 g/mol. The van der Waals surface area contributed by atoms with Crippen LogP contribution >= 0.6 is 0 Å². The summed E-state index contributed by atoms with van der Waals surface area (Å²) in [6, 6.07) is 1.98. The molecule has 0 aliphatic carbocycles. The third kappa shape index (κ3) is 4.19. The Kier molecular flexibility index (Phi) is 5.66. The molecular weight excluding hydrogens is 432 g/mol. The van der Waals surface area contributed by atoms with Crippen LogP contribution in [0, 0.1) is 15.9 Å². The number of halogens is 2. The second-order valence-corrected chi connectivity index (χ2v) is 6.97. The highest BCUT2D eigenvalue weighted by molar-refractivity contribution is 5.64. The molecule has 0 radical (unpaired) electrons. The fraction of sp³-hybridized carbons (Fsp3) is 0.333. The first-order valence-corrected chi connectivity index (χ1v) is 9.48. The van der Waals surface area contributed by atoms with Crippen LogP contribution in [0.3, 0.4) is 0 Å². The van der Waals surface area contributed by atoms with Gasteiger partial charge in [0.2, 0.25) is 11.5 Å². The van der Waals surface area contributed by atoms with E-state index < -0.39 is 29.0 Å². The number of hydrogen-bond donors (Lipinski definition) is 2. The maximum Gasteiger partial charge on any atom is 0.404 e. The number of nitrogens with one attached hydrogen (secondary N) is 1. The lowest BCUT2D eigenvalue weighted by molar-refractivity contribution is -0.383. The van der Waals surface area contributed by atoms with Crippen molar-refractivity contribution in [3.63, 3.8) is 0 Å². The van der Waals surface area contributed by atoms with Crippen LogP contribution in [0.1, 0.15) is 18.0 Å². The fourth-order valence-electron chi connectivity index (χ4n) is 3.58. The Bertz CT molecular complexity index is 1170. The number of rotatable bonds is 7. The minimum atomic E-state index is -1.28. The van der Waals surface area contributed by atoms with Crippen molar-refractivity contribution >= 4 is 23.2 Å². The molecule has 4 rings (SSSR count). The SMILES string of the molecule is O=C(O)NCCOc1ncc(F)cc1[C@H]1C[C@H](F)CN1c1ccn2ncc([N+](=O)[O-])c2n1. The van der Waals surface area contributed by atoms with Gasteiger partial charge in [-0.05, 0) is 12.1 Å². The smallest absolute Gasteiger partial charge is 0.404 e. The van der Waals surface area contributed by atoms with Gasteiger partial charge >= 0.3 is 11.8 Å². The zero-order valence-electron chi connectivity index (χ0n) is 16.4. The number of pyridine rings is 1. The van der Waals surface area contributed by atoms with Gasteiger partial charge in [0, 0.05) is 18.2 Å². The van der Waals surface area contributed by atoms with E-state index in [-0.39, 0.29) is 54.7 Å². The first-order chi connectivity index (χ1) is 15.3. The number of carbonyl (C=O) groups is 1. The topological polar surface area (TPSA) is 148 Å². The second kappa shape index (κ2) is 8.56. The Balaban J connectivity index is 1.67. The van der Waals surface area contributed by atoms with Gasteiger partial charge in [-0.2, -0.15) is 5.10 Å². The zero-order chi connectivity index (χ0) is 22.8. The van der Waals surface area contributed by atoms with Crippen molar-refractivity contribution in [1.29, 1.82) is 0 Å². The van der Waals surface area contributed by atoms with Gasteiger partial charge < -0.3 is 20.1 Å². The van der Waals surface area contributed by atoms with E-state index in [4.69, 9.17) is 9.84 Å². The molecule has 4 heterocycles. The van der Waals surface area contributed by atoms with Crippen molar-refractivity contribution in [2.24, 2.45) is 0 Å². The summed E-state index contributed by atoms with van der Waals surface area (Å²) in [6.45, 7) is -0.181. The molecule has 0 unspecified atom stereocenters. The summed E-state index contributed by atoms with van der Waals surface area (Å²) in [5.74, 6) is -0.388. The third-order valence-corrected chi connectivity index (χ3v) is 4.90. The van der Waals surface area contributed by atoms with E-state index >= 15 is 0 Å². The summed E-state index contributed by atoms with van der Waals surface area (Å²) in [6.07, 6.45) is 0.963. The van der Waals surface area contributed by atoms with Crippen molar-refractivity contribution in [2.45, 2.75) is 18.6 Å². The molecule has 1 aliphatic heterocycles. The number of ether oxygens (including phenoxy) is 1.